The first kappa shape index (κ1) is 14.8. The molecule has 1 aromatic carbocycles. The van der Waals surface area contributed by atoms with Crippen molar-refractivity contribution in [3.8, 4) is 11.5 Å². The largest absolute Gasteiger partial charge is 0.486 e. The number of halogens is 1. The molecule has 1 aliphatic rings. The van der Waals surface area contributed by atoms with Crippen LogP contribution >= 0.6 is 27.3 Å². The minimum absolute atomic E-state index is 0.159. The van der Waals surface area contributed by atoms with E-state index >= 15 is 0 Å². The van der Waals surface area contributed by atoms with E-state index in [0.717, 1.165) is 15.1 Å². The summed E-state index contributed by atoms with van der Waals surface area (Å²) in [5, 5.41) is 0. The van der Waals surface area contributed by atoms with Crippen LogP contribution in [-0.2, 0) is 10.0 Å². The van der Waals surface area contributed by atoms with Gasteiger partial charge in [-0.3, -0.25) is 0 Å². The fourth-order valence-corrected chi connectivity index (χ4v) is 5.00. The van der Waals surface area contributed by atoms with Crippen LogP contribution in [0.1, 0.15) is 0 Å². The van der Waals surface area contributed by atoms with Crippen LogP contribution in [0, 0.1) is 0 Å². The molecule has 1 aliphatic heterocycles. The lowest BCUT2D eigenvalue weighted by atomic mass is 10.2. The summed E-state index contributed by atoms with van der Waals surface area (Å²) in [6.45, 7) is 0.472. The number of benzene rings is 1. The summed E-state index contributed by atoms with van der Waals surface area (Å²) in [4.78, 5) is 0. The van der Waals surface area contributed by atoms with Crippen LogP contribution in [0.4, 0.5) is 0 Å². The second kappa shape index (κ2) is 5.96. The molecule has 2 heterocycles. The van der Waals surface area contributed by atoms with Crippen molar-refractivity contribution in [3.05, 3.63) is 40.2 Å². The molecule has 5 nitrogen and oxygen atoms in total. The maximum Gasteiger partial charge on any atom is 0.250 e. The van der Waals surface area contributed by atoms with Gasteiger partial charge in [-0.15, -0.1) is 11.3 Å². The zero-order chi connectivity index (χ0) is 14.9. The van der Waals surface area contributed by atoms with Gasteiger partial charge < -0.3 is 9.47 Å². The van der Waals surface area contributed by atoms with Crippen molar-refractivity contribution in [2.24, 2.45) is 0 Å². The second-order valence-corrected chi connectivity index (χ2v) is 8.86. The predicted molar refractivity (Wildman–Crippen MR) is 83.6 cm³/mol. The molecule has 0 radical (unpaired) electrons. The van der Waals surface area contributed by atoms with Gasteiger partial charge in [-0.25, -0.2) is 13.1 Å². The molecule has 0 saturated heterocycles. The normalized spacial score (nSPS) is 17.7. The van der Waals surface area contributed by atoms with Crippen LogP contribution in [0.5, 0.6) is 11.5 Å². The van der Waals surface area contributed by atoms with Gasteiger partial charge in [-0.05, 0) is 40.2 Å². The molecule has 0 saturated carbocycles. The molecule has 0 aliphatic carbocycles. The highest BCUT2D eigenvalue weighted by atomic mass is 79.9. The van der Waals surface area contributed by atoms with E-state index in [9.17, 15) is 8.42 Å². The Balaban J connectivity index is 1.64. The summed E-state index contributed by atoms with van der Waals surface area (Å²) >= 11 is 4.42. The molecular weight excluding hydrogens is 378 g/mol. The third-order valence-corrected chi connectivity index (χ3v) is 6.42. The van der Waals surface area contributed by atoms with Gasteiger partial charge in [0, 0.05) is 0 Å². The van der Waals surface area contributed by atoms with E-state index in [2.05, 4.69) is 20.7 Å². The van der Waals surface area contributed by atoms with Gasteiger partial charge in [0.15, 0.2) is 11.5 Å². The van der Waals surface area contributed by atoms with Crippen LogP contribution in [0.15, 0.2) is 44.4 Å². The van der Waals surface area contributed by atoms with Gasteiger partial charge in [-0.2, -0.15) is 0 Å². The lowest BCUT2D eigenvalue weighted by Crippen LogP contribution is -2.40. The van der Waals surface area contributed by atoms with Gasteiger partial charge in [0.05, 0.1) is 10.3 Å². The Hall–Kier alpha value is -1.09. The monoisotopic (exact) mass is 389 g/mol. The SMILES string of the molecule is O=S(=O)(NC[C@@H]1COc2ccccc2O1)c1ccc(Br)s1. The van der Waals surface area contributed by atoms with Crippen molar-refractivity contribution in [2.45, 2.75) is 10.3 Å². The molecule has 0 bridgehead atoms. The number of nitrogens with one attached hydrogen (secondary N) is 1. The second-order valence-electron chi connectivity index (χ2n) is 4.41. The molecule has 2 aromatic rings. The summed E-state index contributed by atoms with van der Waals surface area (Å²) in [5.41, 5.74) is 0. The van der Waals surface area contributed by atoms with Crippen molar-refractivity contribution < 1.29 is 17.9 Å². The van der Waals surface area contributed by atoms with Gasteiger partial charge in [0.25, 0.3) is 0 Å². The highest BCUT2D eigenvalue weighted by Gasteiger charge is 2.24. The van der Waals surface area contributed by atoms with Gasteiger partial charge in [0.1, 0.15) is 16.9 Å². The van der Waals surface area contributed by atoms with E-state index in [1.165, 1.54) is 0 Å². The number of fused-ring (bicyclic) bond motifs is 1. The standard InChI is InChI=1S/C13H12BrNO4S2/c14-12-5-6-13(20-12)21(16,17)15-7-9-8-18-10-3-1-2-4-11(10)19-9/h1-6,9,15H,7-8H2/t9-/m1/s1. The number of sulfonamides is 1. The van der Waals surface area contributed by atoms with E-state index in [-0.39, 0.29) is 16.9 Å². The summed E-state index contributed by atoms with van der Waals surface area (Å²) < 4.78 is 39.1. The number of ether oxygens (including phenoxy) is 2. The minimum atomic E-state index is -3.51. The van der Waals surface area contributed by atoms with Crippen molar-refractivity contribution in [1.29, 1.82) is 0 Å². The fourth-order valence-electron chi connectivity index (χ4n) is 1.88. The number of thiophene rings is 1. The first-order chi connectivity index (χ1) is 10.0. The Bertz CT molecular complexity index is 744. The van der Waals surface area contributed by atoms with E-state index in [1.54, 1.807) is 18.2 Å². The zero-order valence-electron chi connectivity index (χ0n) is 10.8. The zero-order valence-corrected chi connectivity index (χ0v) is 14.0. The Morgan fingerprint density at radius 2 is 2.00 bits per heavy atom. The van der Waals surface area contributed by atoms with Crippen LogP contribution in [0.2, 0.25) is 0 Å². The first-order valence-corrected chi connectivity index (χ1v) is 9.27. The quantitative estimate of drug-likeness (QED) is 0.872. The maximum absolute atomic E-state index is 12.1. The number of rotatable bonds is 4. The third-order valence-electron chi connectivity index (χ3n) is 2.88. The van der Waals surface area contributed by atoms with Gasteiger partial charge in [0.2, 0.25) is 10.0 Å². The van der Waals surface area contributed by atoms with Crippen LogP contribution in [0.3, 0.4) is 0 Å². The Morgan fingerprint density at radius 1 is 1.24 bits per heavy atom. The Kier molecular flexibility index (Phi) is 4.21. The molecule has 112 valence electrons. The molecule has 0 spiro atoms. The van der Waals surface area contributed by atoms with Crippen LogP contribution in [-0.4, -0.2) is 27.7 Å². The lowest BCUT2D eigenvalue weighted by Gasteiger charge is -2.26. The highest BCUT2D eigenvalue weighted by molar-refractivity contribution is 9.11. The molecule has 1 aromatic heterocycles. The average molecular weight is 390 g/mol. The van der Waals surface area contributed by atoms with Gasteiger partial charge in [-0.1, -0.05) is 12.1 Å². The lowest BCUT2D eigenvalue weighted by molar-refractivity contribution is 0.0943. The molecule has 21 heavy (non-hydrogen) atoms. The van der Waals surface area contributed by atoms with Crippen molar-refractivity contribution in [3.63, 3.8) is 0 Å². The minimum Gasteiger partial charge on any atom is -0.486 e. The average Bonchev–Trinajstić information content (AvgIpc) is 2.92. The van der Waals surface area contributed by atoms with Gasteiger partial charge >= 0.3 is 0 Å². The molecular formula is C13H12BrNO4S2. The molecule has 0 amide bonds. The first-order valence-electron chi connectivity index (χ1n) is 6.18. The van der Waals surface area contributed by atoms with Crippen LogP contribution in [0.25, 0.3) is 0 Å². The summed E-state index contributed by atoms with van der Waals surface area (Å²) in [6, 6.07) is 10.6. The Morgan fingerprint density at radius 3 is 2.71 bits per heavy atom. The van der Waals surface area contributed by atoms with E-state index in [0.29, 0.717) is 18.1 Å². The maximum atomic E-state index is 12.1. The molecule has 3 rings (SSSR count). The number of hydrogen-bond donors (Lipinski definition) is 1. The van der Waals surface area contributed by atoms with E-state index in [1.807, 2.05) is 18.2 Å². The Labute approximate surface area is 135 Å². The molecule has 1 N–H and O–H groups in total. The van der Waals surface area contributed by atoms with Crippen molar-refractivity contribution >= 4 is 37.3 Å². The highest BCUT2D eigenvalue weighted by Crippen LogP contribution is 2.31. The van der Waals surface area contributed by atoms with Crippen LogP contribution < -0.4 is 14.2 Å². The topological polar surface area (TPSA) is 64.6 Å². The predicted octanol–water partition coefficient (Wildman–Crippen LogP) is 2.63. The molecule has 0 unspecified atom stereocenters. The summed E-state index contributed by atoms with van der Waals surface area (Å²) in [6.07, 6.45) is -0.349. The molecule has 0 fully saturated rings. The number of hydrogen-bond acceptors (Lipinski definition) is 5. The smallest absolute Gasteiger partial charge is 0.250 e. The van der Waals surface area contributed by atoms with E-state index in [4.69, 9.17) is 9.47 Å². The van der Waals surface area contributed by atoms with E-state index < -0.39 is 10.0 Å². The summed E-state index contributed by atoms with van der Waals surface area (Å²) in [7, 11) is -3.51. The third kappa shape index (κ3) is 3.39. The molecule has 1 atom stereocenters. The molecule has 8 heteroatoms. The fraction of sp³-hybridized carbons (Fsp3) is 0.231. The van der Waals surface area contributed by atoms with Crippen molar-refractivity contribution in [2.75, 3.05) is 13.2 Å². The van der Waals surface area contributed by atoms with Crippen molar-refractivity contribution in [1.82, 2.24) is 4.72 Å². The summed E-state index contributed by atoms with van der Waals surface area (Å²) in [5.74, 6) is 1.31. The number of para-hydroxylation sites is 2.